The Balaban J connectivity index is 1.55. The van der Waals surface area contributed by atoms with E-state index >= 15 is 0 Å². The van der Waals surface area contributed by atoms with Gasteiger partial charge in [0.05, 0.1) is 5.69 Å². The molecule has 0 saturated carbocycles. The number of rotatable bonds is 2. The number of benzene rings is 1. The minimum atomic E-state index is 0.680. The minimum Gasteiger partial charge on any atom is -0.352 e. The van der Waals surface area contributed by atoms with Gasteiger partial charge < -0.3 is 4.90 Å². The van der Waals surface area contributed by atoms with Crippen LogP contribution in [0.2, 0.25) is 0 Å². The molecule has 4 nitrogen and oxygen atoms in total. The molecule has 2 aliphatic heterocycles. The second kappa shape index (κ2) is 5.11. The number of likely N-dealkylation sites (N-methyl/N-ethyl adjacent to an activating group) is 1. The highest BCUT2D eigenvalue weighted by molar-refractivity contribution is 5.59. The average Bonchev–Trinajstić information content (AvgIpc) is 2.77. The molecule has 3 heterocycles. The van der Waals surface area contributed by atoms with Gasteiger partial charge in [-0.2, -0.15) is 0 Å². The first kappa shape index (κ1) is 12.8. The van der Waals surface area contributed by atoms with E-state index in [2.05, 4.69) is 51.3 Å². The van der Waals surface area contributed by atoms with Crippen LogP contribution in [0.4, 0.5) is 5.82 Å². The van der Waals surface area contributed by atoms with Crippen molar-refractivity contribution in [3.8, 4) is 11.3 Å². The molecule has 2 atom stereocenters. The molecule has 2 bridgehead atoms. The highest BCUT2D eigenvalue weighted by atomic mass is 15.3. The summed E-state index contributed by atoms with van der Waals surface area (Å²) in [6.07, 6.45) is 2.63. The van der Waals surface area contributed by atoms with E-state index in [-0.39, 0.29) is 0 Å². The summed E-state index contributed by atoms with van der Waals surface area (Å²) < 4.78 is 0. The van der Waals surface area contributed by atoms with Gasteiger partial charge in [-0.25, -0.2) is 0 Å². The number of nitrogens with zero attached hydrogens (tertiary/aromatic N) is 4. The van der Waals surface area contributed by atoms with Gasteiger partial charge in [0.15, 0.2) is 5.82 Å². The highest BCUT2D eigenvalue weighted by Gasteiger charge is 2.37. The summed E-state index contributed by atoms with van der Waals surface area (Å²) in [4.78, 5) is 4.92. The van der Waals surface area contributed by atoms with Crippen molar-refractivity contribution in [1.82, 2.24) is 15.1 Å². The molecule has 108 valence electrons. The zero-order chi connectivity index (χ0) is 14.2. The zero-order valence-corrected chi connectivity index (χ0v) is 12.3. The maximum atomic E-state index is 4.46. The van der Waals surface area contributed by atoms with Crippen molar-refractivity contribution in [3.63, 3.8) is 0 Å². The van der Waals surface area contributed by atoms with Gasteiger partial charge in [-0.3, -0.25) is 4.90 Å². The fraction of sp³-hybridized carbons (Fsp3) is 0.412. The Labute approximate surface area is 125 Å². The van der Waals surface area contributed by atoms with E-state index in [9.17, 15) is 0 Å². The van der Waals surface area contributed by atoms with E-state index in [0.717, 1.165) is 30.2 Å². The van der Waals surface area contributed by atoms with Crippen molar-refractivity contribution in [2.24, 2.45) is 0 Å². The first-order chi connectivity index (χ1) is 10.3. The van der Waals surface area contributed by atoms with Gasteiger partial charge in [-0.15, -0.1) is 10.2 Å². The summed E-state index contributed by atoms with van der Waals surface area (Å²) in [5.74, 6) is 1.01. The van der Waals surface area contributed by atoms with E-state index in [1.807, 2.05) is 18.2 Å². The SMILES string of the molecule is CN1C2CCC1CN(c1ccc(-c3ccccc3)nn1)C2. The van der Waals surface area contributed by atoms with Gasteiger partial charge in [0.1, 0.15) is 0 Å². The third-order valence-corrected chi connectivity index (χ3v) is 4.89. The first-order valence-corrected chi connectivity index (χ1v) is 7.67. The summed E-state index contributed by atoms with van der Waals surface area (Å²) in [6, 6.07) is 15.8. The van der Waals surface area contributed by atoms with Gasteiger partial charge in [0, 0.05) is 30.7 Å². The predicted octanol–water partition coefficient (Wildman–Crippen LogP) is 2.43. The smallest absolute Gasteiger partial charge is 0.151 e. The topological polar surface area (TPSA) is 32.3 Å². The number of fused-ring (bicyclic) bond motifs is 2. The Morgan fingerprint density at radius 3 is 2.24 bits per heavy atom. The standard InChI is InChI=1S/C17H20N4/c1-20-14-7-8-15(20)12-21(11-14)17-10-9-16(18-19-17)13-5-3-2-4-6-13/h2-6,9-10,14-15H,7-8,11-12H2,1H3. The normalized spacial score (nSPS) is 25.3. The molecule has 4 rings (SSSR count). The predicted molar refractivity (Wildman–Crippen MR) is 84.3 cm³/mol. The first-order valence-electron chi connectivity index (χ1n) is 7.67. The number of hydrogen-bond acceptors (Lipinski definition) is 4. The number of hydrogen-bond donors (Lipinski definition) is 0. The molecule has 0 N–H and O–H groups in total. The minimum absolute atomic E-state index is 0.680. The summed E-state index contributed by atoms with van der Waals surface area (Å²) in [7, 11) is 2.25. The number of anilines is 1. The maximum Gasteiger partial charge on any atom is 0.151 e. The molecule has 4 heteroatoms. The second-order valence-corrected chi connectivity index (χ2v) is 6.10. The van der Waals surface area contributed by atoms with Gasteiger partial charge in [0.2, 0.25) is 0 Å². The molecule has 0 aliphatic carbocycles. The van der Waals surface area contributed by atoms with Crippen LogP contribution >= 0.6 is 0 Å². The van der Waals surface area contributed by atoms with E-state index < -0.39 is 0 Å². The molecule has 2 saturated heterocycles. The quantitative estimate of drug-likeness (QED) is 0.845. The van der Waals surface area contributed by atoms with Gasteiger partial charge in [-0.05, 0) is 32.0 Å². The van der Waals surface area contributed by atoms with Crippen molar-refractivity contribution in [3.05, 3.63) is 42.5 Å². The summed E-state index contributed by atoms with van der Waals surface area (Å²) in [5, 5.41) is 8.87. The monoisotopic (exact) mass is 280 g/mol. The lowest BCUT2D eigenvalue weighted by molar-refractivity contribution is 0.211. The number of aromatic nitrogens is 2. The average molecular weight is 280 g/mol. The second-order valence-electron chi connectivity index (χ2n) is 6.10. The van der Waals surface area contributed by atoms with Crippen LogP contribution < -0.4 is 4.90 Å². The van der Waals surface area contributed by atoms with Crippen LogP contribution in [0.3, 0.4) is 0 Å². The van der Waals surface area contributed by atoms with Crippen molar-refractivity contribution in [2.75, 3.05) is 25.0 Å². The molecule has 21 heavy (non-hydrogen) atoms. The molecule has 2 fully saturated rings. The largest absolute Gasteiger partial charge is 0.352 e. The lowest BCUT2D eigenvalue weighted by Gasteiger charge is -2.39. The molecular formula is C17H20N4. The summed E-state index contributed by atoms with van der Waals surface area (Å²) in [5.41, 5.74) is 2.06. The molecule has 2 aromatic rings. The fourth-order valence-corrected chi connectivity index (χ4v) is 3.56. The van der Waals surface area contributed by atoms with Crippen molar-refractivity contribution >= 4 is 5.82 Å². The molecule has 1 aromatic heterocycles. The Kier molecular flexibility index (Phi) is 3.11. The van der Waals surface area contributed by atoms with Crippen LogP contribution in [0, 0.1) is 0 Å². The Hall–Kier alpha value is -1.94. The lowest BCUT2D eigenvalue weighted by atomic mass is 10.1. The van der Waals surface area contributed by atoms with Gasteiger partial charge in [-0.1, -0.05) is 30.3 Å². The van der Waals surface area contributed by atoms with Gasteiger partial charge >= 0.3 is 0 Å². The third kappa shape index (κ3) is 2.29. The fourth-order valence-electron chi connectivity index (χ4n) is 3.56. The molecule has 2 aliphatic rings. The van der Waals surface area contributed by atoms with Crippen molar-refractivity contribution in [2.45, 2.75) is 24.9 Å². The molecular weight excluding hydrogens is 260 g/mol. The summed E-state index contributed by atoms with van der Waals surface area (Å²) in [6.45, 7) is 2.15. The molecule has 1 aromatic carbocycles. The van der Waals surface area contributed by atoms with E-state index in [1.165, 1.54) is 12.8 Å². The van der Waals surface area contributed by atoms with Crippen molar-refractivity contribution in [1.29, 1.82) is 0 Å². The van der Waals surface area contributed by atoms with Crippen LogP contribution in [0.5, 0.6) is 0 Å². The van der Waals surface area contributed by atoms with E-state index in [4.69, 9.17) is 0 Å². The van der Waals surface area contributed by atoms with Crippen LogP contribution in [0.1, 0.15) is 12.8 Å². The number of piperazine rings is 1. The van der Waals surface area contributed by atoms with E-state index in [0.29, 0.717) is 12.1 Å². The van der Waals surface area contributed by atoms with Crippen LogP contribution in [0.15, 0.2) is 42.5 Å². The molecule has 0 amide bonds. The van der Waals surface area contributed by atoms with E-state index in [1.54, 1.807) is 0 Å². The molecule has 0 spiro atoms. The Morgan fingerprint density at radius 1 is 0.905 bits per heavy atom. The van der Waals surface area contributed by atoms with Crippen LogP contribution in [-0.2, 0) is 0 Å². The lowest BCUT2D eigenvalue weighted by Crippen LogP contribution is -2.52. The highest BCUT2D eigenvalue weighted by Crippen LogP contribution is 2.30. The summed E-state index contributed by atoms with van der Waals surface area (Å²) >= 11 is 0. The third-order valence-electron chi connectivity index (χ3n) is 4.89. The van der Waals surface area contributed by atoms with Crippen molar-refractivity contribution < 1.29 is 0 Å². The van der Waals surface area contributed by atoms with Crippen LogP contribution in [-0.4, -0.2) is 47.3 Å². The zero-order valence-electron chi connectivity index (χ0n) is 12.3. The molecule has 2 unspecified atom stereocenters. The van der Waals surface area contributed by atoms with Crippen LogP contribution in [0.25, 0.3) is 11.3 Å². The Bertz CT molecular complexity index is 596. The molecule has 0 radical (unpaired) electrons. The Morgan fingerprint density at radius 2 is 1.62 bits per heavy atom. The maximum absolute atomic E-state index is 4.46. The van der Waals surface area contributed by atoms with Gasteiger partial charge in [0.25, 0.3) is 0 Å².